The average molecular weight is 296 g/mol. The van der Waals surface area contributed by atoms with Gasteiger partial charge < -0.3 is 5.32 Å². The highest BCUT2D eigenvalue weighted by atomic mass is 32.2. The molecular weight excluding hydrogens is 280 g/mol. The van der Waals surface area contributed by atoms with Crippen molar-refractivity contribution < 1.29 is 21.6 Å². The fourth-order valence-electron chi connectivity index (χ4n) is 2.21. The number of amides is 1. The van der Waals surface area contributed by atoms with Crippen molar-refractivity contribution in [2.24, 2.45) is 0 Å². The van der Waals surface area contributed by atoms with Gasteiger partial charge in [0.1, 0.15) is 0 Å². The van der Waals surface area contributed by atoms with E-state index >= 15 is 0 Å². The van der Waals surface area contributed by atoms with Gasteiger partial charge in [-0.2, -0.15) is 4.31 Å². The topological polar surface area (TPSA) is 101 Å². The van der Waals surface area contributed by atoms with Crippen molar-refractivity contribution in [3.63, 3.8) is 0 Å². The highest BCUT2D eigenvalue weighted by Crippen LogP contribution is 2.22. The molecule has 18 heavy (non-hydrogen) atoms. The molecule has 2 fully saturated rings. The van der Waals surface area contributed by atoms with E-state index < -0.39 is 25.1 Å². The Morgan fingerprint density at radius 2 is 2.00 bits per heavy atom. The summed E-state index contributed by atoms with van der Waals surface area (Å²) in [6, 6.07) is 0. The molecule has 2 saturated heterocycles. The van der Waals surface area contributed by atoms with Crippen molar-refractivity contribution in [3.05, 3.63) is 0 Å². The van der Waals surface area contributed by atoms with Gasteiger partial charge in [0.25, 0.3) is 0 Å². The number of rotatable bonds is 2. The minimum atomic E-state index is -3.62. The lowest BCUT2D eigenvalue weighted by atomic mass is 10.4. The van der Waals surface area contributed by atoms with E-state index in [4.69, 9.17) is 0 Å². The van der Waals surface area contributed by atoms with Gasteiger partial charge in [-0.15, -0.1) is 0 Å². The van der Waals surface area contributed by atoms with E-state index in [2.05, 4.69) is 5.32 Å². The summed E-state index contributed by atoms with van der Waals surface area (Å²) in [4.78, 5) is 11.2. The first kappa shape index (κ1) is 13.8. The van der Waals surface area contributed by atoms with Crippen LogP contribution in [0, 0.1) is 0 Å². The molecule has 9 heteroatoms. The van der Waals surface area contributed by atoms with Gasteiger partial charge in [-0.25, -0.2) is 16.8 Å². The molecule has 0 aromatic rings. The monoisotopic (exact) mass is 296 g/mol. The molecule has 7 nitrogen and oxygen atoms in total. The van der Waals surface area contributed by atoms with Crippen LogP contribution < -0.4 is 5.32 Å². The molecule has 0 spiro atoms. The first-order valence-electron chi connectivity index (χ1n) is 5.77. The quantitative estimate of drug-likeness (QED) is 0.656. The van der Waals surface area contributed by atoms with E-state index in [1.54, 1.807) is 0 Å². The molecule has 104 valence electrons. The summed E-state index contributed by atoms with van der Waals surface area (Å²) in [5.41, 5.74) is 0. The van der Waals surface area contributed by atoms with Crippen LogP contribution in [0.2, 0.25) is 0 Å². The molecule has 1 amide bonds. The lowest BCUT2D eigenvalue weighted by Crippen LogP contribution is -2.41. The van der Waals surface area contributed by atoms with Gasteiger partial charge in [0.05, 0.1) is 16.8 Å². The molecule has 2 aliphatic heterocycles. The van der Waals surface area contributed by atoms with Crippen LogP contribution in [-0.2, 0) is 24.7 Å². The van der Waals surface area contributed by atoms with Crippen LogP contribution in [0.3, 0.4) is 0 Å². The van der Waals surface area contributed by atoms with E-state index in [1.165, 1.54) is 4.31 Å². The molecule has 0 aliphatic carbocycles. The van der Waals surface area contributed by atoms with Crippen LogP contribution in [0.4, 0.5) is 0 Å². The Balaban J connectivity index is 2.13. The second-order valence-corrected chi connectivity index (χ2v) is 9.01. The summed E-state index contributed by atoms with van der Waals surface area (Å²) in [6.07, 6.45) is 0.279. The summed E-state index contributed by atoms with van der Waals surface area (Å²) in [7, 11) is -6.84. The lowest BCUT2D eigenvalue weighted by molar-refractivity contribution is -0.120. The van der Waals surface area contributed by atoms with E-state index in [1.807, 2.05) is 0 Å². The van der Waals surface area contributed by atoms with E-state index in [0.29, 0.717) is 0 Å². The zero-order chi connectivity index (χ0) is 13.4. The fraction of sp³-hybridized carbons (Fsp3) is 0.889. The Morgan fingerprint density at radius 1 is 1.28 bits per heavy atom. The van der Waals surface area contributed by atoms with Gasteiger partial charge in [-0.3, -0.25) is 4.79 Å². The Kier molecular flexibility index (Phi) is 3.65. The van der Waals surface area contributed by atoms with Gasteiger partial charge in [0, 0.05) is 26.1 Å². The van der Waals surface area contributed by atoms with E-state index in [-0.39, 0.29) is 49.9 Å². The van der Waals surface area contributed by atoms with Crippen LogP contribution in [0.1, 0.15) is 12.8 Å². The van der Waals surface area contributed by atoms with Crippen molar-refractivity contribution in [1.29, 1.82) is 0 Å². The standard InChI is InChI=1S/C9H16N2O5S2/c12-9-1-4-11(5-3-10-9)18(15,16)8-2-6-17(13,14)7-8/h8H,1-7H2,(H,10,12). The van der Waals surface area contributed by atoms with Crippen molar-refractivity contribution in [1.82, 2.24) is 9.62 Å². The lowest BCUT2D eigenvalue weighted by Gasteiger charge is -2.22. The Hall–Kier alpha value is -0.670. The average Bonchev–Trinajstić information content (AvgIpc) is 2.50. The molecule has 0 aromatic heterocycles. The molecule has 0 bridgehead atoms. The molecule has 1 unspecified atom stereocenters. The summed E-state index contributed by atoms with van der Waals surface area (Å²) in [5, 5.41) is 1.74. The molecule has 0 radical (unpaired) electrons. The molecule has 2 heterocycles. The molecule has 2 aliphatic rings. The maximum absolute atomic E-state index is 12.3. The second-order valence-electron chi connectivity index (χ2n) is 4.57. The fourth-order valence-corrected chi connectivity index (χ4v) is 6.74. The molecule has 2 rings (SSSR count). The largest absolute Gasteiger partial charge is 0.355 e. The zero-order valence-corrected chi connectivity index (χ0v) is 11.5. The maximum Gasteiger partial charge on any atom is 0.221 e. The van der Waals surface area contributed by atoms with Crippen LogP contribution in [0.15, 0.2) is 0 Å². The Labute approximate surface area is 107 Å². The Morgan fingerprint density at radius 3 is 2.61 bits per heavy atom. The zero-order valence-electron chi connectivity index (χ0n) is 9.83. The number of nitrogens with one attached hydrogen (secondary N) is 1. The third-order valence-corrected chi connectivity index (χ3v) is 7.55. The normalized spacial score (nSPS) is 29.8. The summed E-state index contributed by atoms with van der Waals surface area (Å²) < 4.78 is 48.4. The second kappa shape index (κ2) is 4.78. The van der Waals surface area contributed by atoms with E-state index in [0.717, 1.165) is 0 Å². The Bertz CT molecular complexity index is 539. The molecule has 0 saturated carbocycles. The molecule has 1 N–H and O–H groups in total. The van der Waals surface area contributed by atoms with Crippen molar-refractivity contribution >= 4 is 25.8 Å². The van der Waals surface area contributed by atoms with Crippen molar-refractivity contribution in [2.45, 2.75) is 18.1 Å². The third kappa shape index (κ3) is 2.83. The molecular formula is C9H16N2O5S2. The summed E-state index contributed by atoms with van der Waals surface area (Å²) in [5.74, 6) is -0.540. The van der Waals surface area contributed by atoms with Crippen molar-refractivity contribution in [3.8, 4) is 0 Å². The summed E-state index contributed by atoms with van der Waals surface area (Å²) >= 11 is 0. The van der Waals surface area contributed by atoms with Crippen molar-refractivity contribution in [2.75, 3.05) is 31.1 Å². The van der Waals surface area contributed by atoms with Gasteiger partial charge in [0.15, 0.2) is 9.84 Å². The van der Waals surface area contributed by atoms with Gasteiger partial charge in [-0.05, 0) is 6.42 Å². The molecule has 1 atom stereocenters. The van der Waals surface area contributed by atoms with Crippen LogP contribution in [0.5, 0.6) is 0 Å². The van der Waals surface area contributed by atoms with Gasteiger partial charge in [0.2, 0.25) is 15.9 Å². The van der Waals surface area contributed by atoms with Gasteiger partial charge >= 0.3 is 0 Å². The maximum atomic E-state index is 12.3. The number of nitrogens with zero attached hydrogens (tertiary/aromatic N) is 1. The number of hydrogen-bond acceptors (Lipinski definition) is 5. The first-order chi connectivity index (χ1) is 8.31. The number of sulfone groups is 1. The van der Waals surface area contributed by atoms with E-state index in [9.17, 15) is 21.6 Å². The minimum absolute atomic E-state index is 0.0675. The van der Waals surface area contributed by atoms with Crippen LogP contribution in [0.25, 0.3) is 0 Å². The smallest absolute Gasteiger partial charge is 0.221 e. The van der Waals surface area contributed by atoms with Crippen LogP contribution in [-0.4, -0.2) is 63.4 Å². The highest BCUT2D eigenvalue weighted by molar-refractivity contribution is 7.95. The van der Waals surface area contributed by atoms with Gasteiger partial charge in [-0.1, -0.05) is 0 Å². The predicted octanol–water partition coefficient (Wildman–Crippen LogP) is -1.67. The first-order valence-corrected chi connectivity index (χ1v) is 9.10. The number of sulfonamides is 1. The third-order valence-electron chi connectivity index (χ3n) is 3.24. The predicted molar refractivity (Wildman–Crippen MR) is 65.2 cm³/mol. The summed E-state index contributed by atoms with van der Waals surface area (Å²) in [6.45, 7) is 0.618. The minimum Gasteiger partial charge on any atom is -0.355 e. The number of hydrogen-bond donors (Lipinski definition) is 1. The number of carbonyl (C=O) groups excluding carboxylic acids is 1. The SMILES string of the molecule is O=C1CCN(S(=O)(=O)C2CCS(=O)(=O)C2)CCN1. The molecule has 0 aromatic carbocycles. The number of carbonyl (C=O) groups is 1. The van der Waals surface area contributed by atoms with Crippen LogP contribution >= 0.6 is 0 Å². The highest BCUT2D eigenvalue weighted by Gasteiger charge is 2.40.